The lowest BCUT2D eigenvalue weighted by Gasteiger charge is -2.24. The SMILES string of the molecule is CNC(=O)c1cc(Cl)cc(Br)c1NC(=O)c1cc(OC2CS(=O)C2)nn1-c1ncccc1Cl. The first kappa shape index (κ1) is 23.7. The van der Waals surface area contributed by atoms with Crippen molar-refractivity contribution in [2.45, 2.75) is 6.10 Å². The first-order valence-corrected chi connectivity index (χ1v) is 12.6. The second-order valence-electron chi connectivity index (χ2n) is 6.94. The van der Waals surface area contributed by atoms with E-state index in [2.05, 4.69) is 36.6 Å². The fourth-order valence-corrected chi connectivity index (χ4v) is 5.05. The Morgan fingerprint density at radius 2 is 2.00 bits per heavy atom. The van der Waals surface area contributed by atoms with Gasteiger partial charge in [-0.15, -0.1) is 5.10 Å². The van der Waals surface area contributed by atoms with Crippen molar-refractivity contribution in [1.29, 1.82) is 0 Å². The van der Waals surface area contributed by atoms with Crippen molar-refractivity contribution in [3.8, 4) is 11.7 Å². The quantitative estimate of drug-likeness (QED) is 0.467. The number of anilines is 1. The number of benzene rings is 1. The Labute approximate surface area is 209 Å². The number of halogens is 3. The molecule has 0 aliphatic carbocycles. The maximum atomic E-state index is 13.3. The molecule has 2 amide bonds. The van der Waals surface area contributed by atoms with Gasteiger partial charge in [0.1, 0.15) is 11.8 Å². The molecule has 172 valence electrons. The Hall–Kier alpha value is -2.47. The van der Waals surface area contributed by atoms with Crippen LogP contribution in [0, 0.1) is 0 Å². The number of rotatable bonds is 6. The Morgan fingerprint density at radius 3 is 2.67 bits per heavy atom. The first-order valence-electron chi connectivity index (χ1n) is 9.52. The number of hydrogen-bond acceptors (Lipinski definition) is 6. The average Bonchev–Trinajstić information content (AvgIpc) is 3.17. The third kappa shape index (κ3) is 5.06. The number of ether oxygens (including phenoxy) is 1. The molecule has 3 heterocycles. The van der Waals surface area contributed by atoms with Gasteiger partial charge < -0.3 is 15.4 Å². The van der Waals surface area contributed by atoms with Gasteiger partial charge in [-0.05, 0) is 40.2 Å². The zero-order valence-electron chi connectivity index (χ0n) is 17.0. The van der Waals surface area contributed by atoms with E-state index in [4.69, 9.17) is 27.9 Å². The first-order chi connectivity index (χ1) is 15.8. The molecule has 0 radical (unpaired) electrons. The Morgan fingerprint density at radius 1 is 1.24 bits per heavy atom. The summed E-state index contributed by atoms with van der Waals surface area (Å²) in [5.74, 6) is 0.141. The highest BCUT2D eigenvalue weighted by Crippen LogP contribution is 2.32. The summed E-state index contributed by atoms with van der Waals surface area (Å²) >= 11 is 15.7. The molecule has 0 atom stereocenters. The molecule has 1 aliphatic rings. The van der Waals surface area contributed by atoms with Gasteiger partial charge in [0, 0.05) is 39.6 Å². The average molecular weight is 573 g/mol. The van der Waals surface area contributed by atoms with Crippen LogP contribution in [0.25, 0.3) is 5.82 Å². The van der Waals surface area contributed by atoms with Crippen molar-refractivity contribution in [2.75, 3.05) is 23.9 Å². The Balaban J connectivity index is 1.73. The molecule has 0 unspecified atom stereocenters. The summed E-state index contributed by atoms with van der Waals surface area (Å²) in [6.07, 6.45) is 1.26. The number of nitrogens with zero attached hydrogens (tertiary/aromatic N) is 3. The van der Waals surface area contributed by atoms with E-state index >= 15 is 0 Å². The molecule has 1 aliphatic heterocycles. The van der Waals surface area contributed by atoms with Gasteiger partial charge in [-0.1, -0.05) is 23.2 Å². The van der Waals surface area contributed by atoms with Crippen LogP contribution in [0.2, 0.25) is 10.0 Å². The molecule has 0 spiro atoms. The smallest absolute Gasteiger partial charge is 0.274 e. The number of amides is 2. The van der Waals surface area contributed by atoms with Crippen molar-refractivity contribution >= 4 is 67.4 Å². The zero-order chi connectivity index (χ0) is 23.7. The van der Waals surface area contributed by atoms with Gasteiger partial charge in [0.2, 0.25) is 5.88 Å². The summed E-state index contributed by atoms with van der Waals surface area (Å²) < 4.78 is 18.8. The maximum absolute atomic E-state index is 13.3. The molecule has 0 bridgehead atoms. The monoisotopic (exact) mass is 571 g/mol. The molecule has 4 rings (SSSR count). The van der Waals surface area contributed by atoms with Crippen molar-refractivity contribution in [3.63, 3.8) is 0 Å². The number of pyridine rings is 1. The summed E-state index contributed by atoms with van der Waals surface area (Å²) in [4.78, 5) is 29.9. The van der Waals surface area contributed by atoms with Crippen molar-refractivity contribution in [3.05, 3.63) is 62.3 Å². The third-order valence-electron chi connectivity index (χ3n) is 4.66. The summed E-state index contributed by atoms with van der Waals surface area (Å²) in [7, 11) is 0.562. The predicted molar refractivity (Wildman–Crippen MR) is 129 cm³/mol. The van der Waals surface area contributed by atoms with Crippen molar-refractivity contribution < 1.29 is 18.5 Å². The van der Waals surface area contributed by atoms with Crippen LogP contribution in [-0.2, 0) is 10.8 Å². The molecule has 1 fully saturated rings. The van der Waals surface area contributed by atoms with Crippen LogP contribution < -0.4 is 15.4 Å². The molecule has 1 aromatic carbocycles. The topological polar surface area (TPSA) is 115 Å². The second-order valence-corrected chi connectivity index (χ2v) is 10.2. The fraction of sp³-hybridized carbons (Fsp3) is 0.200. The second kappa shape index (κ2) is 9.80. The van der Waals surface area contributed by atoms with Crippen LogP contribution in [-0.4, -0.2) is 55.4 Å². The van der Waals surface area contributed by atoms with E-state index in [0.717, 1.165) is 0 Å². The molecule has 2 N–H and O–H groups in total. The van der Waals surface area contributed by atoms with Crippen molar-refractivity contribution in [1.82, 2.24) is 20.1 Å². The summed E-state index contributed by atoms with van der Waals surface area (Å²) in [6, 6.07) is 7.70. The minimum atomic E-state index is -0.908. The summed E-state index contributed by atoms with van der Waals surface area (Å²) in [5.41, 5.74) is 0.455. The lowest BCUT2D eigenvalue weighted by Crippen LogP contribution is -2.41. The van der Waals surface area contributed by atoms with E-state index in [1.54, 1.807) is 18.2 Å². The molecule has 2 aromatic heterocycles. The normalized spacial score (nSPS) is 17.2. The van der Waals surface area contributed by atoms with E-state index in [9.17, 15) is 13.8 Å². The third-order valence-corrected chi connectivity index (χ3v) is 7.28. The highest BCUT2D eigenvalue weighted by atomic mass is 79.9. The van der Waals surface area contributed by atoms with Crippen LogP contribution in [0.15, 0.2) is 41.0 Å². The van der Waals surface area contributed by atoms with E-state index in [0.29, 0.717) is 21.0 Å². The van der Waals surface area contributed by atoms with Gasteiger partial charge in [-0.2, -0.15) is 0 Å². The number of aromatic nitrogens is 3. The fourth-order valence-electron chi connectivity index (χ4n) is 3.07. The van der Waals surface area contributed by atoms with Gasteiger partial charge in [-0.25, -0.2) is 9.67 Å². The van der Waals surface area contributed by atoms with Crippen LogP contribution in [0.4, 0.5) is 5.69 Å². The number of nitrogens with one attached hydrogen (secondary N) is 2. The zero-order valence-corrected chi connectivity index (χ0v) is 20.9. The van der Waals surface area contributed by atoms with E-state index in [-0.39, 0.29) is 39.8 Å². The molecular weight excluding hydrogens is 557 g/mol. The van der Waals surface area contributed by atoms with Gasteiger partial charge in [0.25, 0.3) is 11.8 Å². The molecular formula is C20H16BrCl2N5O4S. The summed E-state index contributed by atoms with van der Waals surface area (Å²) in [5, 5.41) is 10.2. The standard InChI is InChI=1S/C20H16BrCl2N5O4S/c1-24-19(29)12-5-10(22)6-13(21)17(12)26-20(30)15-7-16(32-11-8-33(31)9-11)27-28(15)18-14(23)3-2-4-25-18/h2-7,11H,8-9H2,1H3,(H,24,29)(H,26,30). The highest BCUT2D eigenvalue weighted by Gasteiger charge is 2.29. The highest BCUT2D eigenvalue weighted by molar-refractivity contribution is 9.10. The van der Waals surface area contributed by atoms with E-state index < -0.39 is 22.6 Å². The molecule has 33 heavy (non-hydrogen) atoms. The largest absolute Gasteiger partial charge is 0.471 e. The van der Waals surface area contributed by atoms with Crippen LogP contribution in [0.3, 0.4) is 0 Å². The Kier molecular flexibility index (Phi) is 7.03. The van der Waals surface area contributed by atoms with Gasteiger partial charge in [0.05, 0.1) is 27.8 Å². The number of carbonyl (C=O) groups excluding carboxylic acids is 2. The molecule has 13 heteroatoms. The minimum absolute atomic E-state index is 0.0655. The summed E-state index contributed by atoms with van der Waals surface area (Å²) in [6.45, 7) is 0. The molecule has 3 aromatic rings. The van der Waals surface area contributed by atoms with Gasteiger partial charge in [-0.3, -0.25) is 13.8 Å². The minimum Gasteiger partial charge on any atom is -0.471 e. The van der Waals surface area contributed by atoms with E-state index in [1.165, 1.54) is 30.1 Å². The van der Waals surface area contributed by atoms with Crippen LogP contribution in [0.5, 0.6) is 5.88 Å². The lowest BCUT2D eigenvalue weighted by atomic mass is 10.1. The molecule has 0 saturated carbocycles. The van der Waals surface area contributed by atoms with Gasteiger partial charge in [0.15, 0.2) is 5.82 Å². The molecule has 1 saturated heterocycles. The van der Waals surface area contributed by atoms with Crippen LogP contribution >= 0.6 is 39.1 Å². The predicted octanol–water partition coefficient (Wildman–Crippen LogP) is 3.46. The van der Waals surface area contributed by atoms with Crippen molar-refractivity contribution in [2.24, 2.45) is 0 Å². The maximum Gasteiger partial charge on any atom is 0.274 e. The number of carbonyl (C=O) groups is 2. The number of hydrogen-bond donors (Lipinski definition) is 2. The Bertz CT molecular complexity index is 1280. The van der Waals surface area contributed by atoms with Gasteiger partial charge >= 0.3 is 0 Å². The lowest BCUT2D eigenvalue weighted by molar-refractivity contribution is 0.0964. The van der Waals surface area contributed by atoms with E-state index in [1.807, 2.05) is 0 Å². The van der Waals surface area contributed by atoms with Crippen LogP contribution in [0.1, 0.15) is 20.8 Å². The molecule has 9 nitrogen and oxygen atoms in total.